The van der Waals surface area contributed by atoms with Crippen LogP contribution in [0.5, 0.6) is 0 Å². The van der Waals surface area contributed by atoms with Crippen molar-refractivity contribution >= 4 is 0 Å². The van der Waals surface area contributed by atoms with Crippen molar-refractivity contribution in [2.75, 3.05) is 0 Å². The van der Waals surface area contributed by atoms with Gasteiger partial charge in [-0.15, -0.1) is 0 Å². The third-order valence-electron chi connectivity index (χ3n) is 4.30. The number of hydrogen-bond donors (Lipinski definition) is 2. The maximum absolute atomic E-state index is 13.4. The third kappa shape index (κ3) is 2.23. The lowest BCUT2D eigenvalue weighted by molar-refractivity contribution is 0.452. The first kappa shape index (κ1) is 13.3. The fourth-order valence-electron chi connectivity index (χ4n) is 3.24. The summed E-state index contributed by atoms with van der Waals surface area (Å²) in [5, 5.41) is 0. The Kier molecular flexibility index (Phi) is 3.55. The smallest absolute Gasteiger partial charge is 0.126 e. The number of nitrogens with one attached hydrogen (secondary N) is 1. The molecule has 0 fully saturated rings. The quantitative estimate of drug-likeness (QED) is 0.663. The van der Waals surface area contributed by atoms with Gasteiger partial charge >= 0.3 is 0 Å². The Hall–Kier alpha value is -1.71. The molecule has 0 heterocycles. The highest BCUT2D eigenvalue weighted by Crippen LogP contribution is 2.41. The monoisotopic (exact) mass is 270 g/mol. The van der Waals surface area contributed by atoms with E-state index in [0.29, 0.717) is 11.5 Å². The molecule has 104 valence electrons. The number of aryl methyl sites for hydroxylation is 2. The molecule has 1 aliphatic rings. The summed E-state index contributed by atoms with van der Waals surface area (Å²) in [5.41, 5.74) is 7.39. The van der Waals surface area contributed by atoms with E-state index in [4.69, 9.17) is 5.84 Å². The zero-order valence-corrected chi connectivity index (χ0v) is 11.6. The second kappa shape index (κ2) is 5.35. The van der Waals surface area contributed by atoms with E-state index in [-0.39, 0.29) is 11.9 Å². The number of nitrogens with two attached hydrogens (primary N) is 1. The molecule has 2 aromatic carbocycles. The van der Waals surface area contributed by atoms with Crippen molar-refractivity contribution in [1.29, 1.82) is 0 Å². The van der Waals surface area contributed by atoms with Crippen LogP contribution in [-0.4, -0.2) is 0 Å². The molecule has 0 aliphatic heterocycles. The first-order valence-electron chi connectivity index (χ1n) is 7.00. The van der Waals surface area contributed by atoms with Crippen LogP contribution in [0.3, 0.4) is 0 Å². The molecule has 0 amide bonds. The lowest BCUT2D eigenvalue weighted by Crippen LogP contribution is -2.32. The molecule has 2 nitrogen and oxygen atoms in total. The fraction of sp³-hybridized carbons (Fsp3) is 0.294. The molecule has 1 aliphatic carbocycles. The Morgan fingerprint density at radius 1 is 1.25 bits per heavy atom. The molecule has 0 spiro atoms. The molecular formula is C17H19FN2. The minimum Gasteiger partial charge on any atom is -0.271 e. The number of benzene rings is 2. The molecule has 2 aromatic rings. The van der Waals surface area contributed by atoms with Gasteiger partial charge in [-0.2, -0.15) is 0 Å². The first-order valence-corrected chi connectivity index (χ1v) is 7.00. The van der Waals surface area contributed by atoms with Gasteiger partial charge in [0.05, 0.1) is 6.04 Å². The van der Waals surface area contributed by atoms with Crippen LogP contribution in [0.1, 0.15) is 40.6 Å². The highest BCUT2D eigenvalue weighted by molar-refractivity contribution is 5.39. The minimum absolute atomic E-state index is 0.0259. The van der Waals surface area contributed by atoms with E-state index in [0.717, 1.165) is 18.4 Å². The highest BCUT2D eigenvalue weighted by atomic mass is 19.1. The van der Waals surface area contributed by atoms with Crippen LogP contribution >= 0.6 is 0 Å². The van der Waals surface area contributed by atoms with Crippen LogP contribution in [0.2, 0.25) is 0 Å². The predicted octanol–water partition coefficient (Wildman–Crippen LogP) is 3.37. The summed E-state index contributed by atoms with van der Waals surface area (Å²) in [6.45, 7) is 1.79. The molecule has 0 bridgehead atoms. The molecule has 2 atom stereocenters. The van der Waals surface area contributed by atoms with Crippen molar-refractivity contribution in [2.45, 2.75) is 31.7 Å². The van der Waals surface area contributed by atoms with Gasteiger partial charge in [0.1, 0.15) is 5.82 Å². The number of fused-ring (bicyclic) bond motifs is 1. The van der Waals surface area contributed by atoms with Gasteiger partial charge in [0.15, 0.2) is 0 Å². The summed E-state index contributed by atoms with van der Waals surface area (Å²) in [7, 11) is 0. The highest BCUT2D eigenvalue weighted by Gasteiger charge is 2.30. The molecule has 2 unspecified atom stereocenters. The van der Waals surface area contributed by atoms with Gasteiger partial charge in [-0.3, -0.25) is 11.3 Å². The second-order valence-electron chi connectivity index (χ2n) is 5.50. The van der Waals surface area contributed by atoms with Crippen molar-refractivity contribution in [3.8, 4) is 0 Å². The SMILES string of the molecule is Cc1cc(C(NN)C2CCc3ccccc32)ccc1F. The molecular weight excluding hydrogens is 251 g/mol. The molecule has 3 heteroatoms. The Labute approximate surface area is 118 Å². The summed E-state index contributed by atoms with van der Waals surface area (Å²) in [6, 6.07) is 13.8. The van der Waals surface area contributed by atoms with Crippen LogP contribution in [0.4, 0.5) is 4.39 Å². The molecule has 0 saturated heterocycles. The number of rotatable bonds is 3. The van der Waals surface area contributed by atoms with Crippen LogP contribution in [0, 0.1) is 12.7 Å². The van der Waals surface area contributed by atoms with Crippen molar-refractivity contribution in [2.24, 2.45) is 5.84 Å². The number of halogens is 1. The van der Waals surface area contributed by atoms with Crippen LogP contribution in [-0.2, 0) is 6.42 Å². The van der Waals surface area contributed by atoms with Crippen molar-refractivity contribution in [3.63, 3.8) is 0 Å². The van der Waals surface area contributed by atoms with Gasteiger partial charge in [0.2, 0.25) is 0 Å². The number of hydrogen-bond acceptors (Lipinski definition) is 2. The average Bonchev–Trinajstić information content (AvgIpc) is 2.88. The first-order chi connectivity index (χ1) is 9.70. The molecule has 3 rings (SSSR count). The predicted molar refractivity (Wildman–Crippen MR) is 78.7 cm³/mol. The Bertz CT molecular complexity index is 624. The van der Waals surface area contributed by atoms with Gasteiger partial charge in [-0.05, 0) is 48.1 Å². The van der Waals surface area contributed by atoms with Gasteiger partial charge < -0.3 is 0 Å². The molecule has 0 saturated carbocycles. The normalized spacial score (nSPS) is 18.9. The summed E-state index contributed by atoms with van der Waals surface area (Å²) in [6.07, 6.45) is 2.16. The lowest BCUT2D eigenvalue weighted by atomic mass is 9.88. The summed E-state index contributed by atoms with van der Waals surface area (Å²) < 4.78 is 13.4. The number of hydrazine groups is 1. The Morgan fingerprint density at radius 3 is 2.80 bits per heavy atom. The van der Waals surface area contributed by atoms with Gasteiger partial charge in [-0.25, -0.2) is 4.39 Å². The van der Waals surface area contributed by atoms with Gasteiger partial charge in [-0.1, -0.05) is 36.4 Å². The van der Waals surface area contributed by atoms with E-state index >= 15 is 0 Å². The Balaban J connectivity index is 1.97. The summed E-state index contributed by atoms with van der Waals surface area (Å²) in [5.74, 6) is 5.96. The lowest BCUT2D eigenvalue weighted by Gasteiger charge is -2.24. The standard InChI is InChI=1S/C17H19FN2/c1-11-10-13(7-9-16(11)18)17(20-19)15-8-6-12-4-2-3-5-14(12)15/h2-5,7,9-10,15,17,20H,6,8,19H2,1H3. The molecule has 0 radical (unpaired) electrons. The fourth-order valence-corrected chi connectivity index (χ4v) is 3.24. The van der Waals surface area contributed by atoms with Crippen LogP contribution in [0.25, 0.3) is 0 Å². The third-order valence-corrected chi connectivity index (χ3v) is 4.30. The maximum atomic E-state index is 13.4. The average molecular weight is 270 g/mol. The van der Waals surface area contributed by atoms with Crippen LogP contribution < -0.4 is 11.3 Å². The van der Waals surface area contributed by atoms with E-state index in [2.05, 4.69) is 29.7 Å². The zero-order valence-electron chi connectivity index (χ0n) is 11.6. The van der Waals surface area contributed by atoms with E-state index in [1.165, 1.54) is 17.2 Å². The van der Waals surface area contributed by atoms with Crippen molar-refractivity contribution in [1.82, 2.24) is 5.43 Å². The maximum Gasteiger partial charge on any atom is 0.126 e. The summed E-state index contributed by atoms with van der Waals surface area (Å²) >= 11 is 0. The van der Waals surface area contributed by atoms with E-state index in [1.807, 2.05) is 12.1 Å². The van der Waals surface area contributed by atoms with E-state index in [1.54, 1.807) is 6.92 Å². The molecule has 0 aromatic heterocycles. The van der Waals surface area contributed by atoms with Crippen LogP contribution in [0.15, 0.2) is 42.5 Å². The molecule has 20 heavy (non-hydrogen) atoms. The van der Waals surface area contributed by atoms with Crippen molar-refractivity contribution in [3.05, 3.63) is 70.5 Å². The van der Waals surface area contributed by atoms with E-state index < -0.39 is 0 Å². The topological polar surface area (TPSA) is 38.0 Å². The molecule has 3 N–H and O–H groups in total. The zero-order chi connectivity index (χ0) is 14.1. The van der Waals surface area contributed by atoms with Gasteiger partial charge in [0.25, 0.3) is 0 Å². The van der Waals surface area contributed by atoms with Crippen molar-refractivity contribution < 1.29 is 4.39 Å². The minimum atomic E-state index is -0.170. The van der Waals surface area contributed by atoms with E-state index in [9.17, 15) is 4.39 Å². The second-order valence-corrected chi connectivity index (χ2v) is 5.50. The summed E-state index contributed by atoms with van der Waals surface area (Å²) in [4.78, 5) is 0. The Morgan fingerprint density at radius 2 is 2.05 bits per heavy atom. The largest absolute Gasteiger partial charge is 0.271 e. The van der Waals surface area contributed by atoms with Gasteiger partial charge in [0, 0.05) is 5.92 Å².